The lowest BCUT2D eigenvalue weighted by molar-refractivity contribution is 0.0960. The van der Waals surface area contributed by atoms with E-state index in [0.717, 1.165) is 15.5 Å². The Bertz CT molecular complexity index is 625. The fourth-order valence-corrected chi connectivity index (χ4v) is 2.85. The van der Waals surface area contributed by atoms with Gasteiger partial charge in [-0.3, -0.25) is 4.79 Å². The monoisotopic (exact) mass is 257 g/mol. The van der Waals surface area contributed by atoms with E-state index in [1.54, 1.807) is 24.9 Å². The molecule has 0 spiro atoms. The second-order valence-corrected chi connectivity index (χ2v) is 4.95. The summed E-state index contributed by atoms with van der Waals surface area (Å²) in [5, 5.41) is 2.63. The second kappa shape index (κ2) is 4.38. The molecule has 1 aliphatic heterocycles. The fourth-order valence-electron chi connectivity index (χ4n) is 1.86. The molecule has 0 saturated carbocycles. The van der Waals surface area contributed by atoms with Crippen molar-refractivity contribution in [3.05, 3.63) is 48.0 Å². The molecule has 1 amide bonds. The molecule has 2 aromatic rings. The number of carbonyl (C=O) groups excluding carboxylic acids is 1. The van der Waals surface area contributed by atoms with Gasteiger partial charge in [-0.05, 0) is 24.3 Å². The summed E-state index contributed by atoms with van der Waals surface area (Å²) < 4.78 is 5.85. The van der Waals surface area contributed by atoms with Gasteiger partial charge in [0.2, 0.25) is 0 Å². The molecule has 1 aliphatic rings. The molecule has 0 saturated heterocycles. The Hall–Kier alpha value is -1.94. The Kier molecular flexibility index (Phi) is 2.72. The van der Waals surface area contributed by atoms with Gasteiger partial charge in [-0.15, -0.1) is 0 Å². The first kappa shape index (κ1) is 11.2. The average molecular weight is 257 g/mol. The third kappa shape index (κ3) is 1.75. The van der Waals surface area contributed by atoms with Crippen molar-refractivity contribution >= 4 is 17.7 Å². The van der Waals surface area contributed by atoms with E-state index in [9.17, 15) is 4.79 Å². The molecule has 0 unspecified atom stereocenters. The number of hydrogen-bond acceptors (Lipinski definition) is 3. The summed E-state index contributed by atoms with van der Waals surface area (Å²) in [4.78, 5) is 13.8. The van der Waals surface area contributed by atoms with Crippen molar-refractivity contribution in [2.24, 2.45) is 0 Å². The normalized spacial score (nSPS) is 12.1. The zero-order chi connectivity index (χ0) is 12.5. The van der Waals surface area contributed by atoms with Crippen molar-refractivity contribution in [1.82, 2.24) is 5.32 Å². The van der Waals surface area contributed by atoms with Crippen molar-refractivity contribution in [1.29, 1.82) is 0 Å². The van der Waals surface area contributed by atoms with Gasteiger partial charge in [-0.1, -0.05) is 30.0 Å². The summed E-state index contributed by atoms with van der Waals surface area (Å²) in [5.41, 5.74) is 0.567. The highest BCUT2D eigenvalue weighted by Gasteiger charge is 2.22. The third-order valence-electron chi connectivity index (χ3n) is 2.73. The zero-order valence-electron chi connectivity index (χ0n) is 9.77. The third-order valence-corrected chi connectivity index (χ3v) is 3.83. The largest absolute Gasteiger partial charge is 0.454 e. The minimum Gasteiger partial charge on any atom is -0.454 e. The molecule has 0 fully saturated rings. The highest BCUT2D eigenvalue weighted by Crippen LogP contribution is 2.47. The van der Waals surface area contributed by atoms with E-state index in [-0.39, 0.29) is 5.91 Å². The minimum atomic E-state index is -0.133. The summed E-state index contributed by atoms with van der Waals surface area (Å²) in [6.45, 7) is 0. The highest BCUT2D eigenvalue weighted by molar-refractivity contribution is 7.99. The molecule has 0 radical (unpaired) electrons. The highest BCUT2D eigenvalue weighted by atomic mass is 32.2. The van der Waals surface area contributed by atoms with Crippen LogP contribution in [0.5, 0.6) is 11.5 Å². The number of ether oxygens (including phenoxy) is 1. The van der Waals surface area contributed by atoms with Gasteiger partial charge in [-0.2, -0.15) is 0 Å². The van der Waals surface area contributed by atoms with Crippen LogP contribution in [0.25, 0.3) is 0 Å². The van der Waals surface area contributed by atoms with Crippen LogP contribution in [0.4, 0.5) is 0 Å². The maximum atomic E-state index is 11.8. The predicted octanol–water partition coefficient (Wildman–Crippen LogP) is 3.30. The molecule has 90 valence electrons. The van der Waals surface area contributed by atoms with Crippen molar-refractivity contribution in [3.8, 4) is 11.5 Å². The van der Waals surface area contributed by atoms with Gasteiger partial charge in [0.25, 0.3) is 5.91 Å². The maximum absolute atomic E-state index is 11.8. The molecule has 1 heterocycles. The van der Waals surface area contributed by atoms with Gasteiger partial charge in [0.05, 0.1) is 15.4 Å². The van der Waals surface area contributed by atoms with E-state index >= 15 is 0 Å². The summed E-state index contributed by atoms with van der Waals surface area (Å²) in [6.07, 6.45) is 0. The molecular weight excluding hydrogens is 246 g/mol. The predicted molar refractivity (Wildman–Crippen MR) is 70.5 cm³/mol. The topological polar surface area (TPSA) is 38.3 Å². The van der Waals surface area contributed by atoms with Crippen molar-refractivity contribution in [2.75, 3.05) is 7.05 Å². The van der Waals surface area contributed by atoms with Crippen LogP contribution >= 0.6 is 11.8 Å². The summed E-state index contributed by atoms with van der Waals surface area (Å²) in [6, 6.07) is 13.4. The smallest absolute Gasteiger partial charge is 0.254 e. The molecule has 18 heavy (non-hydrogen) atoms. The number of amides is 1. The molecule has 4 heteroatoms. The van der Waals surface area contributed by atoms with Crippen molar-refractivity contribution in [3.63, 3.8) is 0 Å². The lowest BCUT2D eigenvalue weighted by Gasteiger charge is -2.21. The van der Waals surface area contributed by atoms with Crippen LogP contribution in [0.2, 0.25) is 0 Å². The number of para-hydroxylation sites is 2. The van der Waals surface area contributed by atoms with Gasteiger partial charge in [0.15, 0.2) is 5.75 Å². The standard InChI is InChI=1S/C14H11NO2S/c1-15-14(16)9-5-4-8-12-13(9)17-10-6-2-3-7-11(10)18-12/h2-8H,1H3,(H,15,16). The molecule has 0 bridgehead atoms. The first-order valence-electron chi connectivity index (χ1n) is 5.59. The van der Waals surface area contributed by atoms with Crippen LogP contribution in [0.15, 0.2) is 52.3 Å². The second-order valence-electron chi connectivity index (χ2n) is 3.86. The van der Waals surface area contributed by atoms with Crippen LogP contribution in [-0.2, 0) is 0 Å². The van der Waals surface area contributed by atoms with E-state index in [4.69, 9.17) is 4.74 Å². The SMILES string of the molecule is CNC(=O)c1cccc2c1Oc1ccccc1S2. The maximum Gasteiger partial charge on any atom is 0.254 e. The number of fused-ring (bicyclic) bond motifs is 2. The zero-order valence-corrected chi connectivity index (χ0v) is 10.6. The van der Waals surface area contributed by atoms with Crippen LogP contribution in [0.1, 0.15) is 10.4 Å². The van der Waals surface area contributed by atoms with Crippen LogP contribution in [-0.4, -0.2) is 13.0 Å². The summed E-state index contributed by atoms with van der Waals surface area (Å²) in [7, 11) is 1.62. The van der Waals surface area contributed by atoms with E-state index in [1.165, 1.54) is 0 Å². The van der Waals surface area contributed by atoms with Crippen molar-refractivity contribution in [2.45, 2.75) is 9.79 Å². The summed E-state index contributed by atoms with van der Waals surface area (Å²) >= 11 is 1.62. The minimum absolute atomic E-state index is 0.133. The molecule has 0 atom stereocenters. The number of rotatable bonds is 1. The molecule has 3 nitrogen and oxygen atoms in total. The Morgan fingerprint density at radius 1 is 1.11 bits per heavy atom. The van der Waals surface area contributed by atoms with Crippen LogP contribution in [0, 0.1) is 0 Å². The summed E-state index contributed by atoms with van der Waals surface area (Å²) in [5.74, 6) is 1.30. The fraction of sp³-hybridized carbons (Fsp3) is 0.0714. The number of carbonyl (C=O) groups is 1. The van der Waals surface area contributed by atoms with E-state index in [0.29, 0.717) is 11.3 Å². The van der Waals surface area contributed by atoms with Crippen molar-refractivity contribution < 1.29 is 9.53 Å². The van der Waals surface area contributed by atoms with E-state index < -0.39 is 0 Å². The first-order chi connectivity index (χ1) is 8.79. The number of hydrogen-bond donors (Lipinski definition) is 1. The quantitative estimate of drug-likeness (QED) is 0.727. The van der Waals surface area contributed by atoms with Crippen LogP contribution < -0.4 is 10.1 Å². The number of nitrogens with one attached hydrogen (secondary N) is 1. The molecule has 0 aromatic heterocycles. The van der Waals surface area contributed by atoms with E-state index in [2.05, 4.69) is 5.32 Å². The lowest BCUT2D eigenvalue weighted by Crippen LogP contribution is -2.19. The average Bonchev–Trinajstić information content (AvgIpc) is 2.43. The molecule has 1 N–H and O–H groups in total. The Labute approximate surface area is 109 Å². The molecule has 2 aromatic carbocycles. The van der Waals surface area contributed by atoms with Gasteiger partial charge in [0.1, 0.15) is 5.75 Å². The first-order valence-corrected chi connectivity index (χ1v) is 6.41. The van der Waals surface area contributed by atoms with Gasteiger partial charge >= 0.3 is 0 Å². The molecular formula is C14H11NO2S. The van der Waals surface area contributed by atoms with Gasteiger partial charge < -0.3 is 10.1 Å². The molecule has 3 rings (SSSR count). The Morgan fingerprint density at radius 2 is 1.89 bits per heavy atom. The number of benzene rings is 2. The van der Waals surface area contributed by atoms with E-state index in [1.807, 2.05) is 36.4 Å². The van der Waals surface area contributed by atoms with Gasteiger partial charge in [0, 0.05) is 7.05 Å². The Balaban J connectivity index is 2.10. The van der Waals surface area contributed by atoms with Crippen LogP contribution in [0.3, 0.4) is 0 Å². The Morgan fingerprint density at radius 3 is 2.72 bits per heavy atom. The lowest BCUT2D eigenvalue weighted by atomic mass is 10.2. The molecule has 0 aliphatic carbocycles. The van der Waals surface area contributed by atoms with Gasteiger partial charge in [-0.25, -0.2) is 0 Å².